The van der Waals surface area contributed by atoms with Crippen LogP contribution in [0.15, 0.2) is 36.9 Å². The van der Waals surface area contributed by atoms with E-state index in [1.54, 1.807) is 0 Å². The second-order valence-corrected chi connectivity index (χ2v) is 4.48. The molecule has 0 radical (unpaired) electrons. The van der Waals surface area contributed by atoms with Gasteiger partial charge in [0.2, 0.25) is 0 Å². The third-order valence-corrected chi connectivity index (χ3v) is 3.34. The molecule has 3 heteroatoms. The third kappa shape index (κ3) is 2.46. The minimum atomic E-state index is 0.407. The molecule has 1 aromatic carbocycles. The van der Waals surface area contributed by atoms with Gasteiger partial charge in [0.05, 0.1) is 11.0 Å². The van der Waals surface area contributed by atoms with Crippen molar-refractivity contribution in [2.45, 2.75) is 32.4 Å². The number of benzene rings is 1. The predicted octanol–water partition coefficient (Wildman–Crippen LogP) is 2.76. The standard InChI is InChI=1S/C15H21N3/c1-4-8-12(16-3)11-15-17-13-9-6-7-10-14(13)18(15)5-2/h4,6-7,9-10,12,16H,1,5,8,11H2,2-3H3. The van der Waals surface area contributed by atoms with Gasteiger partial charge in [0.15, 0.2) is 0 Å². The average Bonchev–Trinajstić information content (AvgIpc) is 2.75. The first-order valence-electron chi connectivity index (χ1n) is 6.52. The molecule has 0 fully saturated rings. The Hall–Kier alpha value is -1.61. The highest BCUT2D eigenvalue weighted by atomic mass is 15.1. The molecule has 1 unspecified atom stereocenters. The lowest BCUT2D eigenvalue weighted by Crippen LogP contribution is -2.28. The molecule has 0 saturated heterocycles. The van der Waals surface area contributed by atoms with Crippen molar-refractivity contribution in [2.75, 3.05) is 7.05 Å². The zero-order chi connectivity index (χ0) is 13.0. The number of aromatic nitrogens is 2. The lowest BCUT2D eigenvalue weighted by Gasteiger charge is -2.14. The molecule has 0 bridgehead atoms. The first-order valence-corrected chi connectivity index (χ1v) is 6.52. The van der Waals surface area contributed by atoms with Gasteiger partial charge in [-0.1, -0.05) is 18.2 Å². The van der Waals surface area contributed by atoms with Crippen LogP contribution in [0.4, 0.5) is 0 Å². The maximum absolute atomic E-state index is 4.74. The Morgan fingerprint density at radius 1 is 1.44 bits per heavy atom. The summed E-state index contributed by atoms with van der Waals surface area (Å²) in [6.45, 7) is 6.93. The maximum atomic E-state index is 4.74. The smallest absolute Gasteiger partial charge is 0.111 e. The minimum absolute atomic E-state index is 0.407. The summed E-state index contributed by atoms with van der Waals surface area (Å²) in [5.74, 6) is 1.15. The van der Waals surface area contributed by atoms with Crippen LogP contribution in [-0.2, 0) is 13.0 Å². The van der Waals surface area contributed by atoms with Crippen LogP contribution in [0, 0.1) is 0 Å². The Bertz CT molecular complexity index is 528. The van der Waals surface area contributed by atoms with Crippen molar-refractivity contribution in [1.82, 2.24) is 14.9 Å². The zero-order valence-electron chi connectivity index (χ0n) is 11.2. The van der Waals surface area contributed by atoms with Crippen molar-refractivity contribution < 1.29 is 0 Å². The van der Waals surface area contributed by atoms with Gasteiger partial charge in [-0.15, -0.1) is 6.58 Å². The van der Waals surface area contributed by atoms with Crippen LogP contribution in [0.2, 0.25) is 0 Å². The monoisotopic (exact) mass is 243 g/mol. The van der Waals surface area contributed by atoms with Crippen LogP contribution >= 0.6 is 0 Å². The van der Waals surface area contributed by atoms with Gasteiger partial charge < -0.3 is 9.88 Å². The first-order chi connectivity index (χ1) is 8.80. The third-order valence-electron chi connectivity index (χ3n) is 3.34. The topological polar surface area (TPSA) is 29.9 Å². The Balaban J connectivity index is 2.34. The molecular weight excluding hydrogens is 222 g/mol. The average molecular weight is 243 g/mol. The molecule has 2 rings (SSSR count). The maximum Gasteiger partial charge on any atom is 0.111 e. The molecule has 0 aliphatic carbocycles. The number of rotatable bonds is 6. The molecule has 1 heterocycles. The van der Waals surface area contributed by atoms with Gasteiger partial charge in [-0.2, -0.15) is 0 Å². The zero-order valence-corrected chi connectivity index (χ0v) is 11.2. The molecule has 0 aliphatic rings. The van der Waals surface area contributed by atoms with Crippen molar-refractivity contribution >= 4 is 11.0 Å². The van der Waals surface area contributed by atoms with Crippen molar-refractivity contribution in [3.05, 3.63) is 42.7 Å². The Morgan fingerprint density at radius 3 is 2.89 bits per heavy atom. The van der Waals surface area contributed by atoms with Crippen molar-refractivity contribution in [3.63, 3.8) is 0 Å². The fourth-order valence-electron chi connectivity index (χ4n) is 2.36. The fourth-order valence-corrected chi connectivity index (χ4v) is 2.36. The first kappa shape index (κ1) is 12.8. The van der Waals surface area contributed by atoms with Crippen LogP contribution < -0.4 is 5.32 Å². The molecule has 0 amide bonds. The number of para-hydroxylation sites is 2. The van der Waals surface area contributed by atoms with Crippen molar-refractivity contribution in [3.8, 4) is 0 Å². The highest BCUT2D eigenvalue weighted by Gasteiger charge is 2.13. The molecule has 1 N–H and O–H groups in total. The van der Waals surface area contributed by atoms with E-state index in [0.717, 1.165) is 30.7 Å². The molecule has 2 aromatic rings. The van der Waals surface area contributed by atoms with Gasteiger partial charge in [-0.3, -0.25) is 0 Å². The number of nitrogens with zero attached hydrogens (tertiary/aromatic N) is 2. The molecule has 0 spiro atoms. The second kappa shape index (κ2) is 5.83. The van der Waals surface area contributed by atoms with E-state index in [-0.39, 0.29) is 0 Å². The Kier molecular flexibility index (Phi) is 4.15. The van der Waals surface area contributed by atoms with E-state index in [1.165, 1.54) is 5.52 Å². The summed E-state index contributed by atoms with van der Waals surface area (Å²) in [5.41, 5.74) is 2.31. The molecular formula is C15H21N3. The van der Waals surface area contributed by atoms with Crippen LogP contribution in [0.1, 0.15) is 19.2 Å². The fraction of sp³-hybridized carbons (Fsp3) is 0.400. The van der Waals surface area contributed by atoms with E-state index < -0.39 is 0 Å². The minimum Gasteiger partial charge on any atom is -0.328 e. The Labute approximate surface area is 109 Å². The normalized spacial score (nSPS) is 12.8. The van der Waals surface area contributed by atoms with Crippen LogP contribution in [-0.4, -0.2) is 22.6 Å². The molecule has 96 valence electrons. The lowest BCUT2D eigenvalue weighted by molar-refractivity contribution is 0.537. The van der Waals surface area contributed by atoms with Gasteiger partial charge in [0.1, 0.15) is 5.82 Å². The lowest BCUT2D eigenvalue weighted by atomic mass is 10.1. The highest BCUT2D eigenvalue weighted by Crippen LogP contribution is 2.17. The predicted molar refractivity (Wildman–Crippen MR) is 76.8 cm³/mol. The summed E-state index contributed by atoms with van der Waals surface area (Å²) < 4.78 is 2.29. The van der Waals surface area contributed by atoms with E-state index in [9.17, 15) is 0 Å². The van der Waals surface area contributed by atoms with E-state index in [4.69, 9.17) is 4.98 Å². The van der Waals surface area contributed by atoms with Crippen LogP contribution in [0.3, 0.4) is 0 Å². The van der Waals surface area contributed by atoms with Gasteiger partial charge in [0.25, 0.3) is 0 Å². The van der Waals surface area contributed by atoms with Gasteiger partial charge in [0, 0.05) is 19.0 Å². The summed E-state index contributed by atoms with van der Waals surface area (Å²) in [7, 11) is 1.99. The highest BCUT2D eigenvalue weighted by molar-refractivity contribution is 5.75. The number of nitrogens with one attached hydrogen (secondary N) is 1. The quantitative estimate of drug-likeness (QED) is 0.791. The van der Waals surface area contributed by atoms with E-state index in [2.05, 4.69) is 41.6 Å². The number of hydrogen-bond acceptors (Lipinski definition) is 2. The molecule has 1 aromatic heterocycles. The summed E-state index contributed by atoms with van der Waals surface area (Å²) in [5, 5.41) is 3.32. The van der Waals surface area contributed by atoms with Crippen molar-refractivity contribution in [2.24, 2.45) is 0 Å². The van der Waals surface area contributed by atoms with E-state index in [0.29, 0.717) is 6.04 Å². The number of imidazole rings is 1. The molecule has 3 nitrogen and oxygen atoms in total. The number of fused-ring (bicyclic) bond motifs is 1. The van der Waals surface area contributed by atoms with E-state index in [1.807, 2.05) is 19.2 Å². The van der Waals surface area contributed by atoms with Gasteiger partial charge in [-0.25, -0.2) is 4.98 Å². The number of hydrogen-bond donors (Lipinski definition) is 1. The summed E-state index contributed by atoms with van der Waals surface area (Å²) >= 11 is 0. The van der Waals surface area contributed by atoms with Crippen molar-refractivity contribution in [1.29, 1.82) is 0 Å². The van der Waals surface area contributed by atoms with Crippen LogP contribution in [0.5, 0.6) is 0 Å². The molecule has 18 heavy (non-hydrogen) atoms. The summed E-state index contributed by atoms with van der Waals surface area (Å²) in [6.07, 6.45) is 3.86. The number of likely N-dealkylation sites (N-methyl/N-ethyl adjacent to an activating group) is 1. The Morgan fingerprint density at radius 2 is 2.22 bits per heavy atom. The SMILES string of the molecule is C=CCC(Cc1nc2ccccc2n1CC)NC. The van der Waals surface area contributed by atoms with Gasteiger partial charge in [-0.05, 0) is 32.5 Å². The largest absolute Gasteiger partial charge is 0.328 e. The van der Waals surface area contributed by atoms with E-state index >= 15 is 0 Å². The molecule has 1 atom stereocenters. The summed E-state index contributed by atoms with van der Waals surface area (Å²) in [4.78, 5) is 4.74. The second-order valence-electron chi connectivity index (χ2n) is 4.48. The number of aryl methyl sites for hydroxylation is 1. The molecule has 0 aliphatic heterocycles. The van der Waals surface area contributed by atoms with Gasteiger partial charge >= 0.3 is 0 Å². The van der Waals surface area contributed by atoms with Crippen LogP contribution in [0.25, 0.3) is 11.0 Å². The summed E-state index contributed by atoms with van der Waals surface area (Å²) in [6, 6.07) is 8.73. The molecule has 0 saturated carbocycles.